The maximum atomic E-state index is 5.90. The first-order valence-electron chi connectivity index (χ1n) is 6.54. The monoisotopic (exact) mass is 322 g/mol. The van der Waals surface area contributed by atoms with Crippen LogP contribution < -0.4 is 5.73 Å². The Morgan fingerprint density at radius 1 is 1.37 bits per heavy atom. The number of nitrogens with two attached hydrogens (primary N) is 1. The van der Waals surface area contributed by atoms with Gasteiger partial charge in [0, 0.05) is 17.4 Å². The molecule has 1 heterocycles. The van der Waals surface area contributed by atoms with Crippen LogP contribution >= 0.6 is 15.9 Å². The highest BCUT2D eigenvalue weighted by Crippen LogP contribution is 2.17. The second-order valence-electron chi connectivity index (χ2n) is 4.63. The highest BCUT2D eigenvalue weighted by atomic mass is 79.9. The van der Waals surface area contributed by atoms with Gasteiger partial charge < -0.3 is 5.73 Å². The van der Waals surface area contributed by atoms with Crippen LogP contribution in [0.25, 0.3) is 0 Å². The molecular weight excluding hydrogens is 304 g/mol. The van der Waals surface area contributed by atoms with Gasteiger partial charge in [-0.25, -0.2) is 4.98 Å². The normalized spacial score (nSPS) is 12.6. The molecule has 1 aromatic heterocycles. The average molecular weight is 323 g/mol. The molecule has 1 aromatic carbocycles. The third-order valence-electron chi connectivity index (χ3n) is 3.21. The second-order valence-corrected chi connectivity index (χ2v) is 5.55. The summed E-state index contributed by atoms with van der Waals surface area (Å²) in [5.41, 5.74) is 7.20. The van der Waals surface area contributed by atoms with E-state index in [4.69, 9.17) is 5.73 Å². The van der Waals surface area contributed by atoms with E-state index in [-0.39, 0.29) is 0 Å². The van der Waals surface area contributed by atoms with Crippen molar-refractivity contribution < 1.29 is 0 Å². The minimum absolute atomic E-state index is 0.392. The zero-order valence-electron chi connectivity index (χ0n) is 11.1. The number of benzene rings is 1. The lowest BCUT2D eigenvalue weighted by molar-refractivity contribution is 0.492. The second kappa shape index (κ2) is 6.82. The van der Waals surface area contributed by atoms with Crippen molar-refractivity contribution in [1.82, 2.24) is 14.8 Å². The molecule has 0 radical (unpaired) electrons. The van der Waals surface area contributed by atoms with Crippen LogP contribution in [-0.2, 0) is 19.4 Å². The van der Waals surface area contributed by atoms with Gasteiger partial charge >= 0.3 is 0 Å². The number of aromatic nitrogens is 3. The quantitative estimate of drug-likeness (QED) is 0.888. The third-order valence-corrected chi connectivity index (χ3v) is 3.71. The molecule has 5 heteroatoms. The molecule has 0 bridgehead atoms. The molecule has 0 fully saturated rings. The molecule has 0 aliphatic heterocycles. The van der Waals surface area contributed by atoms with E-state index in [9.17, 15) is 0 Å². The number of hydrogen-bond donors (Lipinski definition) is 1. The summed E-state index contributed by atoms with van der Waals surface area (Å²) >= 11 is 3.50. The van der Waals surface area contributed by atoms with Crippen molar-refractivity contribution in [3.63, 3.8) is 0 Å². The van der Waals surface area contributed by atoms with Gasteiger partial charge in [0.15, 0.2) is 0 Å². The Kier molecular flexibility index (Phi) is 5.10. The number of halogens is 1. The van der Waals surface area contributed by atoms with Crippen LogP contribution in [0.1, 0.15) is 18.3 Å². The minimum atomic E-state index is 0.392. The topological polar surface area (TPSA) is 56.7 Å². The fraction of sp³-hybridized carbons (Fsp3) is 0.429. The van der Waals surface area contributed by atoms with Crippen molar-refractivity contribution in [2.45, 2.75) is 26.3 Å². The molecule has 0 aliphatic rings. The molecule has 2 rings (SSSR count). The number of hydrogen-bond acceptors (Lipinski definition) is 3. The van der Waals surface area contributed by atoms with Gasteiger partial charge in [-0.2, -0.15) is 5.10 Å². The first-order chi connectivity index (χ1) is 9.22. The van der Waals surface area contributed by atoms with Gasteiger partial charge in [0.2, 0.25) is 0 Å². The predicted octanol–water partition coefficient (Wildman–Crippen LogP) is 2.42. The molecule has 4 nitrogen and oxygen atoms in total. The lowest BCUT2D eigenvalue weighted by atomic mass is 9.96. The predicted molar refractivity (Wildman–Crippen MR) is 79.8 cm³/mol. The summed E-state index contributed by atoms with van der Waals surface area (Å²) in [4.78, 5) is 4.32. The van der Waals surface area contributed by atoms with Crippen LogP contribution in [-0.4, -0.2) is 21.3 Å². The van der Waals surface area contributed by atoms with E-state index in [1.807, 2.05) is 10.7 Å². The summed E-state index contributed by atoms with van der Waals surface area (Å²) in [7, 11) is 0. The maximum Gasteiger partial charge on any atom is 0.138 e. The van der Waals surface area contributed by atoms with Gasteiger partial charge in [0.25, 0.3) is 0 Å². The largest absolute Gasteiger partial charge is 0.330 e. The molecule has 2 aromatic rings. The average Bonchev–Trinajstić information content (AvgIpc) is 2.85. The van der Waals surface area contributed by atoms with E-state index in [2.05, 4.69) is 51.1 Å². The zero-order chi connectivity index (χ0) is 13.7. The van der Waals surface area contributed by atoms with Crippen LogP contribution in [0, 0.1) is 5.92 Å². The Hall–Kier alpha value is -1.20. The molecule has 0 spiro atoms. The summed E-state index contributed by atoms with van der Waals surface area (Å²) in [5, 5.41) is 4.20. The van der Waals surface area contributed by atoms with Gasteiger partial charge in [-0.05, 0) is 43.5 Å². The van der Waals surface area contributed by atoms with E-state index in [0.29, 0.717) is 12.5 Å². The van der Waals surface area contributed by atoms with Crippen LogP contribution in [0.5, 0.6) is 0 Å². The Balaban J connectivity index is 2.04. The summed E-state index contributed by atoms with van der Waals surface area (Å²) in [6.45, 7) is 3.58. The minimum Gasteiger partial charge on any atom is -0.330 e. The Labute approximate surface area is 122 Å². The third kappa shape index (κ3) is 3.88. The lowest BCUT2D eigenvalue weighted by Crippen LogP contribution is -2.21. The van der Waals surface area contributed by atoms with Gasteiger partial charge in [-0.15, -0.1) is 0 Å². The van der Waals surface area contributed by atoms with Crippen molar-refractivity contribution in [1.29, 1.82) is 0 Å². The van der Waals surface area contributed by atoms with Gasteiger partial charge in [0.1, 0.15) is 12.2 Å². The van der Waals surface area contributed by atoms with Crippen molar-refractivity contribution in [2.75, 3.05) is 6.54 Å². The molecule has 0 amide bonds. The van der Waals surface area contributed by atoms with Gasteiger partial charge in [0.05, 0.1) is 0 Å². The van der Waals surface area contributed by atoms with Crippen molar-refractivity contribution in [3.8, 4) is 0 Å². The molecule has 0 saturated carbocycles. The number of rotatable bonds is 6. The standard InChI is InChI=1S/C14H19BrN4/c1-2-19-14(17-10-18-19)8-12(9-16)6-11-4-3-5-13(15)7-11/h3-5,7,10,12H,2,6,8-9,16H2,1H3. The van der Waals surface area contributed by atoms with Crippen molar-refractivity contribution >= 4 is 15.9 Å². The Morgan fingerprint density at radius 2 is 2.21 bits per heavy atom. The Bertz CT molecular complexity index is 524. The lowest BCUT2D eigenvalue weighted by Gasteiger charge is -2.14. The van der Waals surface area contributed by atoms with Gasteiger partial charge in [-0.3, -0.25) is 4.68 Å². The van der Waals surface area contributed by atoms with E-state index in [0.717, 1.165) is 29.7 Å². The fourth-order valence-corrected chi connectivity index (χ4v) is 2.65. The first-order valence-corrected chi connectivity index (χ1v) is 7.33. The first kappa shape index (κ1) is 14.2. The van der Waals surface area contributed by atoms with E-state index in [1.54, 1.807) is 6.33 Å². The fourth-order valence-electron chi connectivity index (χ4n) is 2.20. The highest BCUT2D eigenvalue weighted by Gasteiger charge is 2.13. The molecular formula is C14H19BrN4. The summed E-state index contributed by atoms with van der Waals surface area (Å²) < 4.78 is 3.04. The molecule has 2 N–H and O–H groups in total. The van der Waals surface area contributed by atoms with Crippen LogP contribution in [0.15, 0.2) is 35.1 Å². The summed E-state index contributed by atoms with van der Waals surface area (Å²) in [5.74, 6) is 1.41. The number of nitrogens with zero attached hydrogens (tertiary/aromatic N) is 3. The van der Waals surface area contributed by atoms with Crippen LogP contribution in [0.2, 0.25) is 0 Å². The molecule has 1 unspecified atom stereocenters. The van der Waals surface area contributed by atoms with Crippen LogP contribution in [0.4, 0.5) is 0 Å². The maximum absolute atomic E-state index is 5.90. The SMILES string of the molecule is CCn1ncnc1CC(CN)Cc1cccc(Br)c1. The molecule has 1 atom stereocenters. The van der Waals surface area contributed by atoms with Crippen molar-refractivity contribution in [2.24, 2.45) is 11.7 Å². The molecule has 0 aliphatic carbocycles. The molecule has 0 saturated heterocycles. The molecule has 102 valence electrons. The number of aryl methyl sites for hydroxylation is 1. The van der Waals surface area contributed by atoms with E-state index >= 15 is 0 Å². The highest BCUT2D eigenvalue weighted by molar-refractivity contribution is 9.10. The summed E-state index contributed by atoms with van der Waals surface area (Å²) in [6.07, 6.45) is 3.45. The smallest absolute Gasteiger partial charge is 0.138 e. The van der Waals surface area contributed by atoms with E-state index < -0.39 is 0 Å². The van der Waals surface area contributed by atoms with E-state index in [1.165, 1.54) is 5.56 Å². The Morgan fingerprint density at radius 3 is 2.89 bits per heavy atom. The van der Waals surface area contributed by atoms with Crippen molar-refractivity contribution in [3.05, 3.63) is 46.5 Å². The van der Waals surface area contributed by atoms with Crippen LogP contribution in [0.3, 0.4) is 0 Å². The summed E-state index contributed by atoms with van der Waals surface area (Å²) in [6, 6.07) is 8.38. The van der Waals surface area contributed by atoms with Gasteiger partial charge in [-0.1, -0.05) is 28.1 Å². The zero-order valence-corrected chi connectivity index (χ0v) is 12.7. The molecule has 19 heavy (non-hydrogen) atoms.